The van der Waals surface area contributed by atoms with Gasteiger partial charge in [-0.1, -0.05) is 51.2 Å². The van der Waals surface area contributed by atoms with Gasteiger partial charge in [-0.15, -0.1) is 0 Å². The molecule has 0 aromatic heterocycles. The maximum absolute atomic E-state index is 11.6. The zero-order chi connectivity index (χ0) is 15.8. The maximum atomic E-state index is 11.6. The smallest absolute Gasteiger partial charge is 0.303 e. The second-order valence-electron chi connectivity index (χ2n) is 5.71. The number of hydrogen-bond donors (Lipinski definition) is 1. The second kappa shape index (κ2) is 15.3. The van der Waals surface area contributed by atoms with Crippen LogP contribution in [0.1, 0.15) is 90.4 Å². The molecular formula is C18H32O3. The van der Waals surface area contributed by atoms with Crippen molar-refractivity contribution in [1.29, 1.82) is 0 Å². The number of carbonyl (C=O) groups is 2. The highest BCUT2D eigenvalue weighted by atomic mass is 16.4. The number of carboxylic acids is 1. The fourth-order valence-corrected chi connectivity index (χ4v) is 2.25. The normalized spacial score (nSPS) is 11.1. The van der Waals surface area contributed by atoms with Gasteiger partial charge in [0.25, 0.3) is 0 Å². The Hall–Kier alpha value is -1.12. The summed E-state index contributed by atoms with van der Waals surface area (Å²) in [6.45, 7) is 2.21. The average molecular weight is 296 g/mol. The standard InChI is InChI=1S/C18H32O3/c1-2-3-4-5-8-11-14-17(19)15-12-9-6-7-10-13-16-18(20)21/h6,9H,2-5,7-8,10-16H2,1H3,(H,20,21). The van der Waals surface area contributed by atoms with Gasteiger partial charge in [0.1, 0.15) is 5.78 Å². The summed E-state index contributed by atoms with van der Waals surface area (Å²) in [7, 11) is 0. The van der Waals surface area contributed by atoms with Crippen molar-refractivity contribution < 1.29 is 14.7 Å². The molecule has 122 valence electrons. The number of carbonyl (C=O) groups excluding carboxylic acids is 1. The number of Topliss-reactive ketones (excluding diaryl/α,β-unsaturated/α-hetero) is 1. The van der Waals surface area contributed by atoms with E-state index in [0.29, 0.717) is 12.2 Å². The van der Waals surface area contributed by atoms with Crippen LogP contribution in [0, 0.1) is 0 Å². The molecule has 0 bridgehead atoms. The molecule has 0 unspecified atom stereocenters. The minimum atomic E-state index is -0.723. The van der Waals surface area contributed by atoms with Crippen molar-refractivity contribution in [1.82, 2.24) is 0 Å². The van der Waals surface area contributed by atoms with Crippen LogP contribution in [-0.4, -0.2) is 16.9 Å². The minimum Gasteiger partial charge on any atom is -0.481 e. The van der Waals surface area contributed by atoms with Gasteiger partial charge in [0.2, 0.25) is 0 Å². The summed E-state index contributed by atoms with van der Waals surface area (Å²) in [5, 5.41) is 8.49. The first-order valence-corrected chi connectivity index (χ1v) is 8.55. The summed E-state index contributed by atoms with van der Waals surface area (Å²) >= 11 is 0. The zero-order valence-corrected chi connectivity index (χ0v) is 13.6. The average Bonchev–Trinajstić information content (AvgIpc) is 2.45. The summed E-state index contributed by atoms with van der Waals surface area (Å²) in [5.74, 6) is -0.347. The van der Waals surface area contributed by atoms with E-state index in [1.54, 1.807) is 0 Å². The first kappa shape index (κ1) is 19.9. The lowest BCUT2D eigenvalue weighted by Gasteiger charge is -2.00. The first-order chi connectivity index (χ1) is 10.2. The monoisotopic (exact) mass is 296 g/mol. The van der Waals surface area contributed by atoms with Crippen LogP contribution in [0.25, 0.3) is 0 Å². The first-order valence-electron chi connectivity index (χ1n) is 8.55. The van der Waals surface area contributed by atoms with E-state index in [9.17, 15) is 9.59 Å². The van der Waals surface area contributed by atoms with Gasteiger partial charge in [0, 0.05) is 19.3 Å². The van der Waals surface area contributed by atoms with Gasteiger partial charge in [-0.3, -0.25) is 9.59 Å². The van der Waals surface area contributed by atoms with E-state index in [4.69, 9.17) is 5.11 Å². The van der Waals surface area contributed by atoms with E-state index in [1.165, 1.54) is 32.1 Å². The van der Waals surface area contributed by atoms with Crippen molar-refractivity contribution in [3.05, 3.63) is 12.2 Å². The van der Waals surface area contributed by atoms with E-state index in [1.807, 2.05) is 0 Å². The molecule has 0 saturated carbocycles. The maximum Gasteiger partial charge on any atom is 0.303 e. The molecule has 0 aliphatic rings. The molecule has 0 aliphatic carbocycles. The van der Waals surface area contributed by atoms with Crippen LogP contribution in [0.3, 0.4) is 0 Å². The molecule has 0 fully saturated rings. The molecule has 0 atom stereocenters. The number of rotatable bonds is 15. The molecule has 0 aliphatic heterocycles. The van der Waals surface area contributed by atoms with Crippen molar-refractivity contribution in [3.63, 3.8) is 0 Å². The SMILES string of the molecule is CCCCCCCCC(=O)CCC=CCCCCC(=O)O. The molecule has 0 aromatic rings. The number of ketones is 1. The third-order valence-corrected chi connectivity index (χ3v) is 3.58. The number of carboxylic acid groups (broad SMARTS) is 1. The number of allylic oxidation sites excluding steroid dienone is 2. The van der Waals surface area contributed by atoms with Gasteiger partial charge in [0.05, 0.1) is 0 Å². The second-order valence-corrected chi connectivity index (χ2v) is 5.71. The van der Waals surface area contributed by atoms with Crippen molar-refractivity contribution >= 4 is 11.8 Å². The fraction of sp³-hybridized carbons (Fsp3) is 0.778. The topological polar surface area (TPSA) is 54.4 Å². The highest BCUT2D eigenvalue weighted by Gasteiger charge is 2.00. The molecule has 0 radical (unpaired) electrons. The summed E-state index contributed by atoms with van der Waals surface area (Å²) in [4.78, 5) is 22.0. The van der Waals surface area contributed by atoms with Crippen LogP contribution >= 0.6 is 0 Å². The quantitative estimate of drug-likeness (QED) is 0.330. The van der Waals surface area contributed by atoms with E-state index in [0.717, 1.165) is 38.5 Å². The van der Waals surface area contributed by atoms with Gasteiger partial charge in [-0.2, -0.15) is 0 Å². The van der Waals surface area contributed by atoms with Crippen molar-refractivity contribution in [2.75, 3.05) is 0 Å². The van der Waals surface area contributed by atoms with Gasteiger partial charge < -0.3 is 5.11 Å². The van der Waals surface area contributed by atoms with Crippen molar-refractivity contribution in [2.45, 2.75) is 90.4 Å². The highest BCUT2D eigenvalue weighted by Crippen LogP contribution is 2.09. The molecule has 1 N–H and O–H groups in total. The Morgan fingerprint density at radius 3 is 2.10 bits per heavy atom. The molecule has 0 heterocycles. The van der Waals surface area contributed by atoms with Crippen LogP contribution in [0.5, 0.6) is 0 Å². The van der Waals surface area contributed by atoms with Crippen LogP contribution in [-0.2, 0) is 9.59 Å². The highest BCUT2D eigenvalue weighted by molar-refractivity contribution is 5.78. The summed E-state index contributed by atoms with van der Waals surface area (Å²) in [5.41, 5.74) is 0. The third kappa shape index (κ3) is 16.8. The Kier molecular flexibility index (Phi) is 14.5. The Morgan fingerprint density at radius 2 is 1.38 bits per heavy atom. The molecule has 0 amide bonds. The van der Waals surface area contributed by atoms with Crippen LogP contribution < -0.4 is 0 Å². The van der Waals surface area contributed by atoms with Crippen LogP contribution in [0.4, 0.5) is 0 Å². The molecule has 0 saturated heterocycles. The predicted molar refractivity (Wildman–Crippen MR) is 87.5 cm³/mol. The van der Waals surface area contributed by atoms with Crippen LogP contribution in [0.15, 0.2) is 12.2 Å². The van der Waals surface area contributed by atoms with Gasteiger partial charge in [-0.25, -0.2) is 0 Å². The molecule has 21 heavy (non-hydrogen) atoms. The zero-order valence-electron chi connectivity index (χ0n) is 13.6. The summed E-state index contributed by atoms with van der Waals surface area (Å²) < 4.78 is 0. The minimum absolute atomic E-state index is 0.255. The van der Waals surface area contributed by atoms with Gasteiger partial charge >= 0.3 is 5.97 Å². The Labute approximate surface area is 129 Å². The van der Waals surface area contributed by atoms with Crippen molar-refractivity contribution in [2.24, 2.45) is 0 Å². The van der Waals surface area contributed by atoms with Crippen LogP contribution in [0.2, 0.25) is 0 Å². The number of hydrogen-bond acceptors (Lipinski definition) is 2. The summed E-state index contributed by atoms with van der Waals surface area (Å²) in [6, 6.07) is 0. The van der Waals surface area contributed by atoms with E-state index >= 15 is 0 Å². The Bertz CT molecular complexity index is 295. The fourth-order valence-electron chi connectivity index (χ4n) is 2.25. The lowest BCUT2D eigenvalue weighted by molar-refractivity contribution is -0.137. The van der Waals surface area contributed by atoms with E-state index < -0.39 is 5.97 Å². The molecule has 3 heteroatoms. The molecule has 3 nitrogen and oxygen atoms in total. The van der Waals surface area contributed by atoms with Gasteiger partial charge in [0.15, 0.2) is 0 Å². The third-order valence-electron chi connectivity index (χ3n) is 3.58. The number of aliphatic carboxylic acids is 1. The predicted octanol–water partition coefficient (Wildman–Crippen LogP) is 5.29. The summed E-state index contributed by atoms with van der Waals surface area (Å²) in [6.07, 6.45) is 16.5. The van der Waals surface area contributed by atoms with E-state index in [2.05, 4.69) is 19.1 Å². The lowest BCUT2D eigenvalue weighted by Crippen LogP contribution is -1.96. The van der Waals surface area contributed by atoms with Crippen molar-refractivity contribution in [3.8, 4) is 0 Å². The largest absolute Gasteiger partial charge is 0.481 e. The molecule has 0 spiro atoms. The lowest BCUT2D eigenvalue weighted by atomic mass is 10.1. The molecule has 0 rings (SSSR count). The molecular weight excluding hydrogens is 264 g/mol. The molecule has 0 aromatic carbocycles. The van der Waals surface area contributed by atoms with Gasteiger partial charge in [-0.05, 0) is 32.1 Å². The Morgan fingerprint density at radius 1 is 0.762 bits per heavy atom. The number of unbranched alkanes of at least 4 members (excludes halogenated alkanes) is 7. The van der Waals surface area contributed by atoms with E-state index in [-0.39, 0.29) is 6.42 Å². The Balaban J connectivity index is 3.30.